The highest BCUT2D eigenvalue weighted by Gasteiger charge is 2.41. The minimum atomic E-state index is -4.60. The van der Waals surface area contributed by atoms with Crippen molar-refractivity contribution in [3.8, 4) is 11.5 Å². The molecule has 0 spiro atoms. The lowest BCUT2D eigenvalue weighted by atomic mass is 10.1. The maximum absolute atomic E-state index is 13.2. The van der Waals surface area contributed by atoms with E-state index in [1.807, 2.05) is 6.07 Å². The van der Waals surface area contributed by atoms with Gasteiger partial charge in [-0.1, -0.05) is 11.6 Å². The third-order valence-electron chi connectivity index (χ3n) is 5.31. The number of carbonyl (C=O) groups excluding carboxylic acids is 1. The Morgan fingerprint density at radius 3 is 2.85 bits per heavy atom. The van der Waals surface area contributed by atoms with E-state index in [1.54, 1.807) is 19.3 Å². The van der Waals surface area contributed by atoms with E-state index < -0.39 is 23.7 Å². The molecule has 2 N–H and O–H groups in total. The van der Waals surface area contributed by atoms with Gasteiger partial charge >= 0.3 is 12.1 Å². The van der Waals surface area contributed by atoms with Gasteiger partial charge in [0.05, 0.1) is 12.4 Å². The summed E-state index contributed by atoms with van der Waals surface area (Å²) >= 11 is 6.56. The number of anilines is 1. The first-order valence-corrected chi connectivity index (χ1v) is 10.3. The molecule has 1 amide bonds. The Labute approximate surface area is 194 Å². The number of nitrogens with zero attached hydrogens (tertiary/aromatic N) is 5. The van der Waals surface area contributed by atoms with E-state index in [0.717, 1.165) is 22.3 Å². The number of fused-ring (bicyclic) bond motifs is 2. The number of aryl methyl sites for hydroxylation is 1. The van der Waals surface area contributed by atoms with E-state index in [9.17, 15) is 18.0 Å². The summed E-state index contributed by atoms with van der Waals surface area (Å²) < 4.78 is 47.9. The molecule has 0 bridgehead atoms. The minimum Gasteiger partial charge on any atom is -0.452 e. The van der Waals surface area contributed by atoms with Crippen LogP contribution in [0.15, 0.2) is 42.4 Å². The Morgan fingerprint density at radius 2 is 2.09 bits per heavy atom. The summed E-state index contributed by atoms with van der Waals surface area (Å²) in [5.41, 5.74) is 0.369. The maximum Gasteiger partial charge on any atom is 0.421 e. The van der Waals surface area contributed by atoms with Crippen LogP contribution in [0.1, 0.15) is 0 Å². The smallest absolute Gasteiger partial charge is 0.421 e. The largest absolute Gasteiger partial charge is 0.452 e. The summed E-state index contributed by atoms with van der Waals surface area (Å²) in [6, 6.07) is 2.34. The fourth-order valence-electron chi connectivity index (χ4n) is 3.61. The molecule has 4 aromatic rings. The first-order chi connectivity index (χ1) is 16.1. The maximum atomic E-state index is 13.2. The highest BCUT2D eigenvalue weighted by atomic mass is 35.5. The van der Waals surface area contributed by atoms with Crippen molar-refractivity contribution in [2.75, 3.05) is 12.4 Å². The Bertz CT molecular complexity index is 1520. The van der Waals surface area contributed by atoms with Gasteiger partial charge in [0.25, 0.3) is 0 Å². The highest BCUT2D eigenvalue weighted by Crippen LogP contribution is 2.36. The summed E-state index contributed by atoms with van der Waals surface area (Å²) in [5, 5.41) is 3.78. The van der Waals surface area contributed by atoms with Gasteiger partial charge in [0.15, 0.2) is 23.7 Å². The van der Waals surface area contributed by atoms with E-state index in [4.69, 9.17) is 16.3 Å². The third-order valence-corrected chi connectivity index (χ3v) is 5.68. The van der Waals surface area contributed by atoms with Crippen LogP contribution in [0.5, 0.6) is 11.5 Å². The number of hydrogen-bond acceptors (Lipinski definition) is 6. The van der Waals surface area contributed by atoms with Crippen molar-refractivity contribution in [2.45, 2.75) is 12.2 Å². The Kier molecular flexibility index (Phi) is 5.04. The predicted molar refractivity (Wildman–Crippen MR) is 118 cm³/mol. The lowest BCUT2D eigenvalue weighted by Gasteiger charge is -2.17. The van der Waals surface area contributed by atoms with Crippen LogP contribution in [0.25, 0.3) is 22.2 Å². The van der Waals surface area contributed by atoms with Crippen molar-refractivity contribution < 1.29 is 27.3 Å². The van der Waals surface area contributed by atoms with Crippen LogP contribution in [0, 0.1) is 0 Å². The SMILES string of the molecule is Cn1c(NC2C=C(C(F)(F)F)C=[N+](C)C2=O)nc2ncc(Oc3cnc4[nH]ccc4c3)c(Cl)c21. The average Bonchev–Trinajstić information content (AvgIpc) is 3.37. The number of aromatic amines is 1. The molecule has 34 heavy (non-hydrogen) atoms. The molecular formula is C21H16ClF3N7O2+. The molecule has 0 fully saturated rings. The molecule has 1 aliphatic rings. The van der Waals surface area contributed by atoms with Crippen molar-refractivity contribution in [3.05, 3.63) is 47.4 Å². The average molecular weight is 491 g/mol. The van der Waals surface area contributed by atoms with Gasteiger partial charge < -0.3 is 19.6 Å². The second-order valence-electron chi connectivity index (χ2n) is 7.61. The molecule has 5 rings (SSSR count). The van der Waals surface area contributed by atoms with Crippen LogP contribution < -0.4 is 10.1 Å². The number of aromatic nitrogens is 5. The number of rotatable bonds is 4. The zero-order chi connectivity index (χ0) is 24.2. The first-order valence-electron chi connectivity index (χ1n) is 9.91. The number of alkyl halides is 3. The number of imidazole rings is 1. The standard InChI is InChI=1S/C21H16ClF3N7O2/c1-31-9-11(21(23,24)25)6-13(19(31)33)29-20-30-18-16(32(20)2)15(22)14(8-28-18)34-12-5-10-3-4-26-17(10)27-7-12/h3-9,13H,1-2H3,(H,26,27)(H,28,29,30)/q+1. The molecule has 4 aromatic heterocycles. The molecule has 0 saturated heterocycles. The molecular weight excluding hydrogens is 475 g/mol. The summed E-state index contributed by atoms with van der Waals surface area (Å²) in [5.74, 6) is 0.217. The predicted octanol–water partition coefficient (Wildman–Crippen LogP) is 3.81. The molecule has 1 unspecified atom stereocenters. The van der Waals surface area contributed by atoms with Crippen LogP contribution in [0.2, 0.25) is 5.02 Å². The Hall–Kier alpha value is -3.93. The van der Waals surface area contributed by atoms with Gasteiger partial charge in [-0.05, 0) is 18.2 Å². The van der Waals surface area contributed by atoms with Crippen LogP contribution >= 0.6 is 11.6 Å². The zero-order valence-electron chi connectivity index (χ0n) is 17.7. The van der Waals surface area contributed by atoms with Crippen molar-refractivity contribution in [1.29, 1.82) is 0 Å². The van der Waals surface area contributed by atoms with Crippen LogP contribution in [-0.4, -0.2) is 60.5 Å². The number of hydrogen-bond donors (Lipinski definition) is 2. The van der Waals surface area contributed by atoms with Gasteiger partial charge in [-0.3, -0.25) is 0 Å². The van der Waals surface area contributed by atoms with Crippen molar-refractivity contribution in [2.24, 2.45) is 7.05 Å². The molecule has 1 aliphatic heterocycles. The van der Waals surface area contributed by atoms with Gasteiger partial charge in [0, 0.05) is 18.6 Å². The summed E-state index contributed by atoms with van der Waals surface area (Å²) in [4.78, 5) is 28.2. The number of allylic oxidation sites excluding steroid dienone is 1. The zero-order valence-corrected chi connectivity index (χ0v) is 18.4. The molecule has 1 atom stereocenters. The Morgan fingerprint density at radius 1 is 1.29 bits per heavy atom. The van der Waals surface area contributed by atoms with Crippen LogP contribution in [0.4, 0.5) is 19.1 Å². The molecule has 9 nitrogen and oxygen atoms in total. The number of carbonyl (C=O) groups is 1. The number of halogens is 4. The highest BCUT2D eigenvalue weighted by molar-refractivity contribution is 6.36. The van der Waals surface area contributed by atoms with E-state index in [0.29, 0.717) is 16.9 Å². The van der Waals surface area contributed by atoms with Crippen molar-refractivity contribution in [1.82, 2.24) is 24.5 Å². The number of amides is 1. The van der Waals surface area contributed by atoms with Gasteiger partial charge in [-0.25, -0.2) is 14.8 Å². The monoisotopic (exact) mass is 490 g/mol. The third kappa shape index (κ3) is 3.75. The number of likely N-dealkylation sites (N-methyl/N-ethyl adjacent to an activating group) is 1. The fourth-order valence-corrected chi connectivity index (χ4v) is 3.91. The molecule has 5 heterocycles. The summed E-state index contributed by atoms with van der Waals surface area (Å²) in [7, 11) is 2.85. The van der Waals surface area contributed by atoms with E-state index in [1.165, 1.54) is 24.0 Å². The van der Waals surface area contributed by atoms with Gasteiger partial charge in [0.1, 0.15) is 34.6 Å². The van der Waals surface area contributed by atoms with E-state index in [2.05, 4.69) is 25.3 Å². The normalized spacial score (nSPS) is 16.6. The molecule has 0 saturated carbocycles. The van der Waals surface area contributed by atoms with Gasteiger partial charge in [0.2, 0.25) is 5.95 Å². The number of nitrogens with one attached hydrogen (secondary N) is 2. The summed E-state index contributed by atoms with van der Waals surface area (Å²) in [6.45, 7) is 0. The van der Waals surface area contributed by atoms with E-state index >= 15 is 0 Å². The first kappa shape index (κ1) is 21.9. The molecule has 0 radical (unpaired) electrons. The molecule has 174 valence electrons. The second-order valence-corrected chi connectivity index (χ2v) is 7.99. The number of ether oxygens (including phenoxy) is 1. The van der Waals surface area contributed by atoms with Crippen molar-refractivity contribution >= 4 is 51.9 Å². The van der Waals surface area contributed by atoms with Gasteiger partial charge in [-0.2, -0.15) is 22.7 Å². The molecule has 0 aromatic carbocycles. The second kappa shape index (κ2) is 7.83. The number of pyridine rings is 2. The van der Waals surface area contributed by atoms with Gasteiger partial charge in [-0.15, -0.1) is 0 Å². The molecule has 0 aliphatic carbocycles. The number of H-pyrrole nitrogens is 1. The van der Waals surface area contributed by atoms with Crippen LogP contribution in [-0.2, 0) is 11.8 Å². The minimum absolute atomic E-state index is 0.114. The lowest BCUT2D eigenvalue weighted by molar-refractivity contribution is -0.415. The lowest BCUT2D eigenvalue weighted by Crippen LogP contribution is -2.41. The fraction of sp³-hybridized carbons (Fsp3) is 0.190. The topological polar surface area (TPSA) is 101 Å². The molecule has 13 heteroatoms. The van der Waals surface area contributed by atoms with E-state index in [-0.39, 0.29) is 22.4 Å². The quantitative estimate of drug-likeness (QED) is 0.422. The van der Waals surface area contributed by atoms with Crippen molar-refractivity contribution in [3.63, 3.8) is 0 Å². The Balaban J connectivity index is 1.47. The summed E-state index contributed by atoms with van der Waals surface area (Å²) in [6.07, 6.45) is 1.64. The van der Waals surface area contributed by atoms with Crippen LogP contribution in [0.3, 0.4) is 0 Å².